The number of benzene rings is 1. The van der Waals surface area contributed by atoms with Gasteiger partial charge in [0.1, 0.15) is 23.7 Å². The molecule has 28 heavy (non-hydrogen) atoms. The SMILES string of the molecule is Cc1occc1C(=O)OCC(=O)N(CC(=O)Nc1ccc(F)cc1)C(C)(C)C. The highest BCUT2D eigenvalue weighted by atomic mass is 19.1. The largest absolute Gasteiger partial charge is 0.469 e. The second-order valence-corrected chi connectivity index (χ2v) is 7.17. The van der Waals surface area contributed by atoms with Crippen LogP contribution in [-0.4, -0.2) is 41.4 Å². The van der Waals surface area contributed by atoms with E-state index in [1.165, 1.54) is 41.5 Å². The molecule has 0 saturated heterocycles. The van der Waals surface area contributed by atoms with Crippen LogP contribution in [0.5, 0.6) is 0 Å². The minimum atomic E-state index is -0.685. The highest BCUT2D eigenvalue weighted by molar-refractivity contribution is 5.96. The summed E-state index contributed by atoms with van der Waals surface area (Å²) in [5, 5.41) is 2.60. The van der Waals surface area contributed by atoms with Crippen LogP contribution >= 0.6 is 0 Å². The molecule has 1 heterocycles. The summed E-state index contributed by atoms with van der Waals surface area (Å²) in [5.74, 6) is -1.67. The van der Waals surface area contributed by atoms with Crippen molar-refractivity contribution in [3.63, 3.8) is 0 Å². The van der Waals surface area contributed by atoms with Crippen LogP contribution in [0.3, 0.4) is 0 Å². The van der Waals surface area contributed by atoms with Crippen molar-refractivity contribution < 1.29 is 27.9 Å². The quantitative estimate of drug-likeness (QED) is 0.766. The number of aryl methyl sites for hydroxylation is 1. The Morgan fingerprint density at radius 3 is 2.32 bits per heavy atom. The van der Waals surface area contributed by atoms with Crippen molar-refractivity contribution in [1.82, 2.24) is 4.90 Å². The molecule has 7 nitrogen and oxygen atoms in total. The second-order valence-electron chi connectivity index (χ2n) is 7.17. The van der Waals surface area contributed by atoms with Gasteiger partial charge in [0.25, 0.3) is 5.91 Å². The Kier molecular flexibility index (Phi) is 6.56. The third-order valence-corrected chi connectivity index (χ3v) is 3.95. The van der Waals surface area contributed by atoms with Gasteiger partial charge in [-0.3, -0.25) is 9.59 Å². The summed E-state index contributed by atoms with van der Waals surface area (Å²) in [6.07, 6.45) is 1.36. The fraction of sp³-hybridized carbons (Fsp3) is 0.350. The van der Waals surface area contributed by atoms with Crippen molar-refractivity contribution in [3.8, 4) is 0 Å². The number of esters is 1. The Balaban J connectivity index is 1.99. The lowest BCUT2D eigenvalue weighted by Crippen LogP contribution is -2.50. The summed E-state index contributed by atoms with van der Waals surface area (Å²) in [5.41, 5.74) is -0.0337. The summed E-state index contributed by atoms with van der Waals surface area (Å²) in [6.45, 7) is 6.14. The summed E-state index contributed by atoms with van der Waals surface area (Å²) in [6, 6.07) is 6.75. The zero-order valence-corrected chi connectivity index (χ0v) is 16.2. The lowest BCUT2D eigenvalue weighted by Gasteiger charge is -2.35. The van der Waals surface area contributed by atoms with Crippen LogP contribution < -0.4 is 5.32 Å². The number of halogens is 1. The van der Waals surface area contributed by atoms with Crippen LogP contribution in [0.15, 0.2) is 41.0 Å². The number of amides is 2. The Morgan fingerprint density at radius 2 is 1.79 bits per heavy atom. The lowest BCUT2D eigenvalue weighted by atomic mass is 10.1. The van der Waals surface area contributed by atoms with Crippen LogP contribution in [0.4, 0.5) is 10.1 Å². The number of carbonyl (C=O) groups excluding carboxylic acids is 3. The first-order valence-electron chi connectivity index (χ1n) is 8.65. The molecule has 2 amide bonds. The molecule has 0 radical (unpaired) electrons. The van der Waals surface area contributed by atoms with Gasteiger partial charge in [0.2, 0.25) is 5.91 Å². The van der Waals surface area contributed by atoms with Crippen LogP contribution in [0, 0.1) is 12.7 Å². The van der Waals surface area contributed by atoms with Gasteiger partial charge in [-0.15, -0.1) is 0 Å². The molecule has 2 aromatic rings. The summed E-state index contributed by atoms with van der Waals surface area (Å²) in [4.78, 5) is 38.2. The highest BCUT2D eigenvalue weighted by Crippen LogP contribution is 2.16. The minimum Gasteiger partial charge on any atom is -0.469 e. The van der Waals surface area contributed by atoms with Crippen LogP contribution in [0.25, 0.3) is 0 Å². The molecule has 0 aliphatic heterocycles. The van der Waals surface area contributed by atoms with Gasteiger partial charge in [-0.1, -0.05) is 0 Å². The van der Waals surface area contributed by atoms with E-state index >= 15 is 0 Å². The summed E-state index contributed by atoms with van der Waals surface area (Å²) < 4.78 is 23.1. The molecule has 150 valence electrons. The third kappa shape index (κ3) is 5.67. The number of anilines is 1. The number of nitrogens with zero attached hydrogens (tertiary/aromatic N) is 1. The molecule has 1 aromatic carbocycles. The van der Waals surface area contributed by atoms with Crippen LogP contribution in [0.2, 0.25) is 0 Å². The Bertz CT molecular complexity index is 852. The fourth-order valence-electron chi connectivity index (χ4n) is 2.46. The van der Waals surface area contributed by atoms with Gasteiger partial charge in [0.05, 0.1) is 6.26 Å². The first-order valence-corrected chi connectivity index (χ1v) is 8.65. The topological polar surface area (TPSA) is 88.8 Å². The minimum absolute atomic E-state index is 0.240. The number of hydrogen-bond acceptors (Lipinski definition) is 5. The molecule has 0 unspecified atom stereocenters. The molecule has 8 heteroatoms. The van der Waals surface area contributed by atoms with Gasteiger partial charge >= 0.3 is 5.97 Å². The van der Waals surface area contributed by atoms with Crippen molar-refractivity contribution in [3.05, 3.63) is 53.7 Å². The molecule has 2 rings (SSSR count). The predicted octanol–water partition coefficient (Wildman–Crippen LogP) is 3.15. The summed E-state index contributed by atoms with van der Waals surface area (Å²) in [7, 11) is 0. The van der Waals surface area contributed by atoms with Gasteiger partial charge in [0, 0.05) is 11.2 Å². The van der Waals surface area contributed by atoms with Crippen LogP contribution in [-0.2, 0) is 14.3 Å². The van der Waals surface area contributed by atoms with Gasteiger partial charge in [-0.2, -0.15) is 0 Å². The molecule has 0 aliphatic carbocycles. The van der Waals surface area contributed by atoms with Gasteiger partial charge < -0.3 is 19.4 Å². The average Bonchev–Trinajstić information content (AvgIpc) is 3.04. The molecular weight excluding hydrogens is 367 g/mol. The van der Waals surface area contributed by atoms with E-state index in [1.54, 1.807) is 27.7 Å². The first kappa shape index (κ1) is 21.1. The maximum atomic E-state index is 13.0. The molecule has 0 bridgehead atoms. The highest BCUT2D eigenvalue weighted by Gasteiger charge is 2.29. The number of furan rings is 1. The van der Waals surface area contributed by atoms with Crippen molar-refractivity contribution in [2.75, 3.05) is 18.5 Å². The van der Waals surface area contributed by atoms with Crippen molar-refractivity contribution in [2.45, 2.75) is 33.2 Å². The van der Waals surface area contributed by atoms with Crippen LogP contribution in [0.1, 0.15) is 36.9 Å². The van der Waals surface area contributed by atoms with Gasteiger partial charge in [-0.05, 0) is 58.0 Å². The standard InChI is InChI=1S/C20H23FN2O5/c1-13-16(9-10-27-13)19(26)28-12-18(25)23(20(2,3)4)11-17(24)22-15-7-5-14(21)6-8-15/h5-10H,11-12H2,1-4H3,(H,22,24). The number of ether oxygens (including phenoxy) is 1. The number of hydrogen-bond donors (Lipinski definition) is 1. The normalized spacial score (nSPS) is 11.0. The Morgan fingerprint density at radius 1 is 1.14 bits per heavy atom. The van der Waals surface area contributed by atoms with E-state index in [-0.39, 0.29) is 12.1 Å². The number of nitrogens with one attached hydrogen (secondary N) is 1. The lowest BCUT2D eigenvalue weighted by molar-refractivity contribution is -0.142. The molecular formula is C20H23FN2O5. The van der Waals surface area contributed by atoms with E-state index in [0.29, 0.717) is 11.4 Å². The maximum Gasteiger partial charge on any atom is 0.342 e. The van der Waals surface area contributed by atoms with Gasteiger partial charge in [0.15, 0.2) is 6.61 Å². The zero-order chi connectivity index (χ0) is 20.9. The molecule has 0 fully saturated rings. The third-order valence-electron chi connectivity index (χ3n) is 3.95. The smallest absolute Gasteiger partial charge is 0.342 e. The van der Waals surface area contributed by atoms with E-state index in [1.807, 2.05) is 0 Å². The van der Waals surface area contributed by atoms with E-state index in [0.717, 1.165) is 0 Å². The monoisotopic (exact) mass is 390 g/mol. The first-order chi connectivity index (χ1) is 13.1. The van der Waals surface area contributed by atoms with Crippen molar-refractivity contribution in [2.24, 2.45) is 0 Å². The molecule has 0 saturated carbocycles. The molecule has 1 aromatic heterocycles. The number of carbonyl (C=O) groups is 3. The van der Waals surface area contributed by atoms with Gasteiger partial charge in [-0.25, -0.2) is 9.18 Å². The number of rotatable bonds is 6. The molecule has 0 aliphatic rings. The molecule has 0 spiro atoms. The van der Waals surface area contributed by atoms with E-state index < -0.39 is 35.7 Å². The van der Waals surface area contributed by atoms with E-state index in [4.69, 9.17) is 9.15 Å². The van der Waals surface area contributed by atoms with Crippen molar-refractivity contribution >= 4 is 23.5 Å². The Labute approximate surface area is 162 Å². The second kappa shape index (κ2) is 8.69. The molecule has 0 atom stereocenters. The fourth-order valence-corrected chi connectivity index (χ4v) is 2.46. The average molecular weight is 390 g/mol. The molecule has 1 N–H and O–H groups in total. The van der Waals surface area contributed by atoms with E-state index in [9.17, 15) is 18.8 Å². The predicted molar refractivity (Wildman–Crippen MR) is 100 cm³/mol. The maximum absolute atomic E-state index is 13.0. The summed E-state index contributed by atoms with van der Waals surface area (Å²) >= 11 is 0. The van der Waals surface area contributed by atoms with E-state index in [2.05, 4.69) is 5.32 Å². The zero-order valence-electron chi connectivity index (χ0n) is 16.2. The Hall–Kier alpha value is -3.16. The van der Waals surface area contributed by atoms with Crippen molar-refractivity contribution in [1.29, 1.82) is 0 Å².